The van der Waals surface area contributed by atoms with Gasteiger partial charge in [-0.15, -0.1) is 0 Å². The van der Waals surface area contributed by atoms with Crippen LogP contribution in [0.1, 0.15) is 30.3 Å². The molecule has 1 N–H and O–H groups in total. The van der Waals surface area contributed by atoms with Gasteiger partial charge in [-0.3, -0.25) is 4.98 Å². The van der Waals surface area contributed by atoms with E-state index in [-0.39, 0.29) is 0 Å². The zero-order valence-corrected chi connectivity index (χ0v) is 11.1. The van der Waals surface area contributed by atoms with Crippen molar-refractivity contribution in [3.63, 3.8) is 0 Å². The molecular weight excluding hydrogens is 224 g/mol. The van der Waals surface area contributed by atoms with Crippen molar-refractivity contribution < 1.29 is 0 Å². The summed E-state index contributed by atoms with van der Waals surface area (Å²) in [6, 6.07) is 4.16. The fraction of sp³-hybridized carbons (Fsp3) is 0.429. The van der Waals surface area contributed by atoms with Gasteiger partial charge < -0.3 is 9.88 Å². The van der Waals surface area contributed by atoms with Crippen molar-refractivity contribution in [2.24, 2.45) is 0 Å². The highest BCUT2D eigenvalue weighted by Crippen LogP contribution is 2.06. The summed E-state index contributed by atoms with van der Waals surface area (Å²) in [7, 11) is 0. The van der Waals surface area contributed by atoms with Gasteiger partial charge in [-0.05, 0) is 31.5 Å². The maximum atomic E-state index is 4.32. The largest absolute Gasteiger partial charge is 0.329 e. The van der Waals surface area contributed by atoms with E-state index < -0.39 is 0 Å². The van der Waals surface area contributed by atoms with Gasteiger partial charge in [0.25, 0.3) is 0 Å². The molecule has 0 aliphatic carbocycles. The van der Waals surface area contributed by atoms with Gasteiger partial charge >= 0.3 is 0 Å². The van der Waals surface area contributed by atoms with Crippen LogP contribution < -0.4 is 5.32 Å². The summed E-state index contributed by atoms with van der Waals surface area (Å²) in [6.07, 6.45) is 6.88. The normalized spacial score (nSPS) is 10.8. The van der Waals surface area contributed by atoms with Gasteiger partial charge in [-0.1, -0.05) is 13.0 Å². The highest BCUT2D eigenvalue weighted by molar-refractivity contribution is 5.14. The summed E-state index contributed by atoms with van der Waals surface area (Å²) in [4.78, 5) is 8.53. The maximum Gasteiger partial charge on any atom is 0.0951 e. The Bertz CT molecular complexity index is 473. The lowest BCUT2D eigenvalue weighted by Gasteiger charge is -2.09. The Morgan fingerprint density at radius 2 is 2.17 bits per heavy atom. The van der Waals surface area contributed by atoms with Crippen LogP contribution >= 0.6 is 0 Å². The molecule has 0 atom stereocenters. The van der Waals surface area contributed by atoms with E-state index in [2.05, 4.69) is 32.8 Å². The van der Waals surface area contributed by atoms with Crippen molar-refractivity contribution in [3.8, 4) is 0 Å². The third-order valence-electron chi connectivity index (χ3n) is 2.86. The summed E-state index contributed by atoms with van der Waals surface area (Å²) in [5.74, 6) is 0. The molecule has 0 amide bonds. The van der Waals surface area contributed by atoms with Gasteiger partial charge in [0, 0.05) is 24.6 Å². The molecule has 96 valence electrons. The van der Waals surface area contributed by atoms with Crippen molar-refractivity contribution >= 4 is 0 Å². The number of imidazole rings is 1. The fourth-order valence-electron chi connectivity index (χ4n) is 1.82. The van der Waals surface area contributed by atoms with E-state index in [0.717, 1.165) is 31.7 Å². The van der Waals surface area contributed by atoms with Crippen LogP contribution in [0.3, 0.4) is 0 Å². The summed E-state index contributed by atoms with van der Waals surface area (Å²) >= 11 is 0. The van der Waals surface area contributed by atoms with Crippen LogP contribution in [0.2, 0.25) is 0 Å². The number of hydrogen-bond acceptors (Lipinski definition) is 3. The highest BCUT2D eigenvalue weighted by atomic mass is 15.1. The molecule has 0 fully saturated rings. The standard InChI is InChI=1S/C14H20N4/c1-3-6-15-8-14-9-16-11-18(14)10-13-5-4-12(2)17-7-13/h4-5,7,9,11,15H,3,6,8,10H2,1-2H3. The van der Waals surface area contributed by atoms with Gasteiger partial charge in [-0.25, -0.2) is 4.98 Å². The van der Waals surface area contributed by atoms with Crippen LogP contribution in [0, 0.1) is 6.92 Å². The molecule has 0 radical (unpaired) electrons. The quantitative estimate of drug-likeness (QED) is 0.792. The molecule has 0 saturated heterocycles. The van der Waals surface area contributed by atoms with Crippen molar-refractivity contribution in [2.75, 3.05) is 6.54 Å². The fourth-order valence-corrected chi connectivity index (χ4v) is 1.82. The first-order chi connectivity index (χ1) is 8.79. The molecule has 18 heavy (non-hydrogen) atoms. The average Bonchev–Trinajstić information content (AvgIpc) is 2.80. The van der Waals surface area contributed by atoms with Crippen LogP contribution in [0.15, 0.2) is 30.9 Å². The molecular formula is C14H20N4. The molecule has 4 nitrogen and oxygen atoms in total. The molecule has 0 aromatic carbocycles. The number of aryl methyl sites for hydroxylation is 1. The molecule has 0 unspecified atom stereocenters. The van der Waals surface area contributed by atoms with Crippen LogP contribution in [0.4, 0.5) is 0 Å². The Morgan fingerprint density at radius 3 is 2.89 bits per heavy atom. The third-order valence-corrected chi connectivity index (χ3v) is 2.86. The van der Waals surface area contributed by atoms with E-state index in [0.29, 0.717) is 0 Å². The molecule has 4 heteroatoms. The first-order valence-electron chi connectivity index (χ1n) is 6.41. The SMILES string of the molecule is CCCNCc1cncn1Cc1ccc(C)nc1. The van der Waals surface area contributed by atoms with Crippen molar-refractivity contribution in [1.29, 1.82) is 0 Å². The summed E-state index contributed by atoms with van der Waals surface area (Å²) < 4.78 is 2.16. The second-order valence-corrected chi connectivity index (χ2v) is 4.50. The maximum absolute atomic E-state index is 4.32. The lowest BCUT2D eigenvalue weighted by atomic mass is 10.2. The number of nitrogens with zero attached hydrogens (tertiary/aromatic N) is 3. The third kappa shape index (κ3) is 3.40. The Kier molecular flexibility index (Phi) is 4.47. The van der Waals surface area contributed by atoms with Crippen molar-refractivity contribution in [1.82, 2.24) is 19.9 Å². The second kappa shape index (κ2) is 6.31. The predicted molar refractivity (Wildman–Crippen MR) is 72.3 cm³/mol. The molecule has 2 heterocycles. The zero-order valence-electron chi connectivity index (χ0n) is 11.1. The van der Waals surface area contributed by atoms with E-state index in [1.165, 1.54) is 11.3 Å². The summed E-state index contributed by atoms with van der Waals surface area (Å²) in [5.41, 5.74) is 3.47. The van der Waals surface area contributed by atoms with Crippen molar-refractivity contribution in [2.45, 2.75) is 33.4 Å². The molecule has 0 bridgehead atoms. The van der Waals surface area contributed by atoms with Gasteiger partial charge in [0.2, 0.25) is 0 Å². The molecule has 2 aromatic rings. The lowest BCUT2D eigenvalue weighted by Crippen LogP contribution is -2.17. The molecule has 0 aliphatic rings. The molecule has 0 aliphatic heterocycles. The number of aromatic nitrogens is 3. The minimum atomic E-state index is 0.830. The summed E-state index contributed by atoms with van der Waals surface area (Å²) in [5, 5.41) is 3.40. The second-order valence-electron chi connectivity index (χ2n) is 4.50. The zero-order chi connectivity index (χ0) is 12.8. The highest BCUT2D eigenvalue weighted by Gasteiger charge is 2.02. The van der Waals surface area contributed by atoms with E-state index in [1.54, 1.807) is 0 Å². The number of rotatable bonds is 6. The molecule has 2 aromatic heterocycles. The van der Waals surface area contributed by atoms with E-state index >= 15 is 0 Å². The average molecular weight is 244 g/mol. The first-order valence-corrected chi connectivity index (χ1v) is 6.41. The van der Waals surface area contributed by atoms with Gasteiger partial charge in [0.15, 0.2) is 0 Å². The smallest absolute Gasteiger partial charge is 0.0951 e. The van der Waals surface area contributed by atoms with E-state index in [9.17, 15) is 0 Å². The van der Waals surface area contributed by atoms with Crippen LogP contribution in [0.5, 0.6) is 0 Å². The monoisotopic (exact) mass is 244 g/mol. The topological polar surface area (TPSA) is 42.7 Å². The lowest BCUT2D eigenvalue weighted by molar-refractivity contribution is 0.629. The summed E-state index contributed by atoms with van der Waals surface area (Å²) in [6.45, 7) is 6.91. The minimum Gasteiger partial charge on any atom is -0.329 e. The van der Waals surface area contributed by atoms with E-state index in [1.807, 2.05) is 31.7 Å². The Balaban J connectivity index is 2.00. The molecule has 2 rings (SSSR count). The number of pyridine rings is 1. The Labute approximate surface area is 108 Å². The van der Waals surface area contributed by atoms with Gasteiger partial charge in [-0.2, -0.15) is 0 Å². The predicted octanol–water partition coefficient (Wildman–Crippen LogP) is 2.13. The minimum absolute atomic E-state index is 0.830. The molecule has 0 spiro atoms. The Hall–Kier alpha value is -1.68. The number of hydrogen-bond donors (Lipinski definition) is 1. The van der Waals surface area contributed by atoms with E-state index in [4.69, 9.17) is 0 Å². The first kappa shape index (κ1) is 12.8. The van der Waals surface area contributed by atoms with Crippen LogP contribution in [-0.4, -0.2) is 21.1 Å². The van der Waals surface area contributed by atoms with Gasteiger partial charge in [0.05, 0.1) is 18.6 Å². The van der Waals surface area contributed by atoms with Crippen LogP contribution in [0.25, 0.3) is 0 Å². The molecule has 0 saturated carbocycles. The Morgan fingerprint density at radius 1 is 1.28 bits per heavy atom. The number of nitrogens with one attached hydrogen (secondary N) is 1. The van der Waals surface area contributed by atoms with Crippen molar-refractivity contribution in [3.05, 3.63) is 47.8 Å². The van der Waals surface area contributed by atoms with Crippen LogP contribution in [-0.2, 0) is 13.1 Å². The van der Waals surface area contributed by atoms with Gasteiger partial charge in [0.1, 0.15) is 0 Å².